The second-order valence-electron chi connectivity index (χ2n) is 3.71. The van der Waals surface area contributed by atoms with E-state index in [-0.39, 0.29) is 5.56 Å². The van der Waals surface area contributed by atoms with Gasteiger partial charge in [-0.1, -0.05) is 30.3 Å². The van der Waals surface area contributed by atoms with Crippen molar-refractivity contribution in [3.05, 3.63) is 35.9 Å². The average molecular weight is 373 g/mol. The van der Waals surface area contributed by atoms with Crippen molar-refractivity contribution < 1.29 is 22.7 Å². The van der Waals surface area contributed by atoms with Gasteiger partial charge in [0.2, 0.25) is 3.61 Å². The molecule has 0 saturated carbocycles. The Bertz CT molecular complexity index is 422. The van der Waals surface area contributed by atoms with Gasteiger partial charge in [-0.3, -0.25) is 9.53 Å². The van der Waals surface area contributed by atoms with Gasteiger partial charge in [-0.2, -0.15) is 0 Å². The fraction of sp³-hybridized carbons (Fsp3) is 0.364. The molecule has 1 amide bonds. The summed E-state index contributed by atoms with van der Waals surface area (Å²) in [5.41, 5.74) is 0.140. The first-order chi connectivity index (χ1) is 8.17. The predicted octanol–water partition coefficient (Wildman–Crippen LogP) is 2.90. The molecule has 0 aromatic heterocycles. The SMILES string of the molecule is CN(C)C(=O)C(I)(OC(F)(F)F)c1ccccc1. The molecule has 0 radical (unpaired) electrons. The van der Waals surface area contributed by atoms with Crippen LogP contribution in [0.15, 0.2) is 30.3 Å². The van der Waals surface area contributed by atoms with Crippen molar-refractivity contribution in [3.63, 3.8) is 0 Å². The topological polar surface area (TPSA) is 29.5 Å². The molecule has 1 rings (SSSR count). The zero-order valence-electron chi connectivity index (χ0n) is 9.66. The summed E-state index contributed by atoms with van der Waals surface area (Å²) < 4.78 is 39.3. The lowest BCUT2D eigenvalue weighted by atomic mass is 10.1. The molecule has 18 heavy (non-hydrogen) atoms. The van der Waals surface area contributed by atoms with Crippen LogP contribution in [0, 0.1) is 0 Å². The molecule has 1 atom stereocenters. The van der Waals surface area contributed by atoms with Gasteiger partial charge in [-0.25, -0.2) is 0 Å². The van der Waals surface area contributed by atoms with Crippen molar-refractivity contribution in [1.82, 2.24) is 4.90 Å². The number of rotatable bonds is 3. The van der Waals surface area contributed by atoms with Crippen LogP contribution in [-0.2, 0) is 13.1 Å². The summed E-state index contributed by atoms with van der Waals surface area (Å²) in [7, 11) is 2.75. The maximum atomic E-state index is 12.5. The van der Waals surface area contributed by atoms with Crippen LogP contribution in [0.5, 0.6) is 0 Å². The zero-order valence-corrected chi connectivity index (χ0v) is 11.8. The van der Waals surface area contributed by atoms with Gasteiger partial charge in [0, 0.05) is 19.7 Å². The molecule has 0 aliphatic rings. The quantitative estimate of drug-likeness (QED) is 0.603. The lowest BCUT2D eigenvalue weighted by Gasteiger charge is -2.30. The molecule has 100 valence electrons. The van der Waals surface area contributed by atoms with Gasteiger partial charge < -0.3 is 4.90 Å². The highest BCUT2D eigenvalue weighted by Gasteiger charge is 2.49. The first-order valence-electron chi connectivity index (χ1n) is 4.90. The molecule has 0 saturated heterocycles. The number of hydrogen-bond donors (Lipinski definition) is 0. The monoisotopic (exact) mass is 373 g/mol. The highest BCUT2D eigenvalue weighted by molar-refractivity contribution is 14.1. The normalized spacial score (nSPS) is 15.0. The highest BCUT2D eigenvalue weighted by Crippen LogP contribution is 2.40. The minimum absolute atomic E-state index is 0.140. The van der Waals surface area contributed by atoms with Crippen molar-refractivity contribution in [2.75, 3.05) is 14.1 Å². The van der Waals surface area contributed by atoms with E-state index in [2.05, 4.69) is 4.74 Å². The molecule has 0 aliphatic heterocycles. The largest absolute Gasteiger partial charge is 0.524 e. The number of carbonyl (C=O) groups is 1. The molecule has 0 bridgehead atoms. The maximum absolute atomic E-state index is 12.5. The van der Waals surface area contributed by atoms with Crippen molar-refractivity contribution in [1.29, 1.82) is 0 Å². The Morgan fingerprint density at radius 2 is 1.72 bits per heavy atom. The minimum Gasteiger partial charge on any atom is -0.345 e. The number of ether oxygens (including phenoxy) is 1. The lowest BCUT2D eigenvalue weighted by molar-refractivity contribution is -0.344. The van der Waals surface area contributed by atoms with Crippen LogP contribution in [0.25, 0.3) is 0 Å². The Hall–Kier alpha value is -0.830. The summed E-state index contributed by atoms with van der Waals surface area (Å²) in [6.45, 7) is 0. The number of likely N-dealkylation sites (N-methyl/N-ethyl adjacent to an activating group) is 1. The number of amides is 1. The summed E-state index contributed by atoms with van der Waals surface area (Å²) in [5.74, 6) is -0.786. The first-order valence-corrected chi connectivity index (χ1v) is 5.98. The fourth-order valence-corrected chi connectivity index (χ4v) is 2.42. The minimum atomic E-state index is -4.90. The summed E-state index contributed by atoms with van der Waals surface area (Å²) >= 11 is 1.37. The summed E-state index contributed by atoms with van der Waals surface area (Å²) in [4.78, 5) is 13.0. The number of nitrogens with zero attached hydrogens (tertiary/aromatic N) is 1. The number of carbonyl (C=O) groups excluding carboxylic acids is 1. The summed E-state index contributed by atoms with van der Waals surface area (Å²) in [6, 6.07) is 7.57. The van der Waals surface area contributed by atoms with Gasteiger partial charge in [0.25, 0.3) is 5.91 Å². The Kier molecular flexibility index (Phi) is 4.60. The Morgan fingerprint density at radius 1 is 1.22 bits per heavy atom. The van der Waals surface area contributed by atoms with Gasteiger partial charge in [0.15, 0.2) is 0 Å². The van der Waals surface area contributed by atoms with Crippen LogP contribution in [0.1, 0.15) is 5.56 Å². The third-order valence-electron chi connectivity index (χ3n) is 2.08. The third kappa shape index (κ3) is 3.58. The first kappa shape index (κ1) is 15.2. The molecule has 0 heterocycles. The van der Waals surface area contributed by atoms with Crippen LogP contribution >= 0.6 is 22.6 Å². The van der Waals surface area contributed by atoms with Gasteiger partial charge in [0.1, 0.15) is 0 Å². The number of halogens is 4. The number of hydrogen-bond acceptors (Lipinski definition) is 2. The molecule has 0 N–H and O–H groups in total. The van der Waals surface area contributed by atoms with Gasteiger partial charge in [-0.05, 0) is 22.6 Å². The summed E-state index contributed by atoms with van der Waals surface area (Å²) in [6.07, 6.45) is -4.90. The highest BCUT2D eigenvalue weighted by atomic mass is 127. The molecule has 0 fully saturated rings. The van der Waals surface area contributed by atoms with Crippen molar-refractivity contribution in [3.8, 4) is 0 Å². The van der Waals surface area contributed by atoms with E-state index in [1.54, 1.807) is 18.2 Å². The Morgan fingerprint density at radius 3 is 2.11 bits per heavy atom. The standard InChI is InChI=1S/C11H11F3INO2/c1-16(2)9(17)10(15,18-11(12,13)14)8-6-4-3-5-7-8/h3-7H,1-2H3. The molecular formula is C11H11F3INO2. The molecule has 1 unspecified atom stereocenters. The van der Waals surface area contributed by atoms with E-state index in [1.807, 2.05) is 0 Å². The average Bonchev–Trinajstić information content (AvgIpc) is 2.26. The lowest BCUT2D eigenvalue weighted by Crippen LogP contribution is -2.44. The third-order valence-corrected chi connectivity index (χ3v) is 3.39. The number of alkyl halides is 4. The Balaban J connectivity index is 3.22. The summed E-state index contributed by atoms with van der Waals surface area (Å²) in [5, 5.41) is 0. The van der Waals surface area contributed by atoms with Gasteiger partial charge >= 0.3 is 6.36 Å². The molecule has 0 spiro atoms. The predicted molar refractivity (Wildman–Crippen MR) is 68.0 cm³/mol. The molecular weight excluding hydrogens is 362 g/mol. The van der Waals surface area contributed by atoms with Crippen molar-refractivity contribution in [2.45, 2.75) is 9.97 Å². The zero-order chi connectivity index (χ0) is 14.0. The van der Waals surface area contributed by atoms with Crippen LogP contribution in [-0.4, -0.2) is 31.3 Å². The van der Waals surface area contributed by atoms with E-state index >= 15 is 0 Å². The molecule has 3 nitrogen and oxygen atoms in total. The molecule has 1 aromatic carbocycles. The maximum Gasteiger partial charge on any atom is 0.524 e. The molecule has 0 aliphatic carbocycles. The van der Waals surface area contributed by atoms with E-state index in [9.17, 15) is 18.0 Å². The van der Waals surface area contributed by atoms with E-state index in [4.69, 9.17) is 0 Å². The van der Waals surface area contributed by atoms with E-state index < -0.39 is 15.9 Å². The van der Waals surface area contributed by atoms with Crippen LogP contribution in [0.4, 0.5) is 13.2 Å². The van der Waals surface area contributed by atoms with Crippen LogP contribution in [0.2, 0.25) is 0 Å². The van der Waals surface area contributed by atoms with Crippen LogP contribution < -0.4 is 0 Å². The van der Waals surface area contributed by atoms with E-state index in [1.165, 1.54) is 48.8 Å². The second kappa shape index (κ2) is 5.43. The van der Waals surface area contributed by atoms with E-state index in [0.29, 0.717) is 0 Å². The van der Waals surface area contributed by atoms with Gasteiger partial charge in [0.05, 0.1) is 0 Å². The molecule has 1 aromatic rings. The second-order valence-corrected chi connectivity index (χ2v) is 5.23. The van der Waals surface area contributed by atoms with Gasteiger partial charge in [-0.15, -0.1) is 13.2 Å². The molecule has 7 heteroatoms. The smallest absolute Gasteiger partial charge is 0.345 e. The Labute approximate surface area is 116 Å². The van der Waals surface area contributed by atoms with Crippen LogP contribution in [0.3, 0.4) is 0 Å². The van der Waals surface area contributed by atoms with Crippen molar-refractivity contribution >= 4 is 28.5 Å². The number of benzene rings is 1. The fourth-order valence-electron chi connectivity index (χ4n) is 1.33. The van der Waals surface area contributed by atoms with Crippen molar-refractivity contribution in [2.24, 2.45) is 0 Å². The van der Waals surface area contributed by atoms with E-state index in [0.717, 1.165) is 4.90 Å².